The largest absolute Gasteiger partial charge is 0.338 e. The molecule has 23 heavy (non-hydrogen) atoms. The summed E-state index contributed by atoms with van der Waals surface area (Å²) in [5.41, 5.74) is 4.02. The number of halogens is 1. The number of carbonyl (C=O) groups is 1. The smallest absolute Gasteiger partial charge is 0.253 e. The summed E-state index contributed by atoms with van der Waals surface area (Å²) in [4.78, 5) is 18.9. The Morgan fingerprint density at radius 1 is 1.17 bits per heavy atom. The van der Waals surface area contributed by atoms with Gasteiger partial charge in [-0.15, -0.1) is 0 Å². The summed E-state index contributed by atoms with van der Waals surface area (Å²) in [5, 5.41) is 0.596. The Balaban J connectivity index is 1.65. The van der Waals surface area contributed by atoms with Gasteiger partial charge >= 0.3 is 0 Å². The van der Waals surface area contributed by atoms with Gasteiger partial charge in [0.05, 0.1) is 5.69 Å². The third kappa shape index (κ3) is 3.99. The maximum atomic E-state index is 12.5. The van der Waals surface area contributed by atoms with Crippen LogP contribution in [0.1, 0.15) is 34.6 Å². The summed E-state index contributed by atoms with van der Waals surface area (Å²) in [7, 11) is 0. The SMILES string of the molecule is Cc1cccc(C=C2CCN(C(=O)c3cccc(Cl)c3)CC2)n1. The zero-order valence-corrected chi connectivity index (χ0v) is 13.9. The molecule has 0 radical (unpaired) electrons. The van der Waals surface area contributed by atoms with Crippen molar-refractivity contribution in [3.63, 3.8) is 0 Å². The van der Waals surface area contributed by atoms with Crippen LogP contribution in [-0.4, -0.2) is 28.9 Å². The molecule has 118 valence electrons. The molecule has 0 atom stereocenters. The summed E-state index contributed by atoms with van der Waals surface area (Å²) in [6.45, 7) is 3.47. The molecule has 1 aliphatic rings. The number of nitrogens with zero attached hydrogens (tertiary/aromatic N) is 2. The van der Waals surface area contributed by atoms with E-state index in [4.69, 9.17) is 11.6 Å². The van der Waals surface area contributed by atoms with Gasteiger partial charge in [-0.25, -0.2) is 0 Å². The maximum absolute atomic E-state index is 12.5. The molecule has 3 nitrogen and oxygen atoms in total. The van der Waals surface area contributed by atoms with Crippen LogP contribution >= 0.6 is 11.6 Å². The van der Waals surface area contributed by atoms with Crippen LogP contribution in [0.5, 0.6) is 0 Å². The van der Waals surface area contributed by atoms with E-state index < -0.39 is 0 Å². The second-order valence-electron chi connectivity index (χ2n) is 5.81. The molecule has 4 heteroatoms. The van der Waals surface area contributed by atoms with E-state index in [2.05, 4.69) is 11.1 Å². The topological polar surface area (TPSA) is 33.2 Å². The summed E-state index contributed by atoms with van der Waals surface area (Å²) in [6.07, 6.45) is 3.93. The number of rotatable bonds is 2. The van der Waals surface area contributed by atoms with Crippen LogP contribution in [0.2, 0.25) is 5.02 Å². The molecule has 0 saturated carbocycles. The molecular formula is C19H19ClN2O. The van der Waals surface area contributed by atoms with Crippen molar-refractivity contribution in [1.29, 1.82) is 0 Å². The van der Waals surface area contributed by atoms with E-state index >= 15 is 0 Å². The van der Waals surface area contributed by atoms with Gasteiger partial charge in [0.1, 0.15) is 0 Å². The van der Waals surface area contributed by atoms with Gasteiger partial charge in [0, 0.05) is 29.4 Å². The molecule has 2 aromatic rings. The molecule has 0 N–H and O–H groups in total. The highest BCUT2D eigenvalue weighted by Gasteiger charge is 2.20. The fraction of sp³-hybridized carbons (Fsp3) is 0.263. The number of likely N-dealkylation sites (tertiary alicyclic amines) is 1. The zero-order valence-electron chi connectivity index (χ0n) is 13.1. The predicted molar refractivity (Wildman–Crippen MR) is 93.5 cm³/mol. The van der Waals surface area contributed by atoms with Crippen molar-refractivity contribution in [3.05, 3.63) is 70.0 Å². The highest BCUT2D eigenvalue weighted by atomic mass is 35.5. The fourth-order valence-electron chi connectivity index (χ4n) is 2.80. The van der Waals surface area contributed by atoms with E-state index in [9.17, 15) is 4.79 Å². The molecular weight excluding hydrogens is 308 g/mol. The fourth-order valence-corrected chi connectivity index (χ4v) is 2.99. The zero-order chi connectivity index (χ0) is 16.2. The Hall–Kier alpha value is -2.13. The van der Waals surface area contributed by atoms with Crippen LogP contribution in [0.4, 0.5) is 0 Å². The van der Waals surface area contributed by atoms with Gasteiger partial charge in [-0.2, -0.15) is 0 Å². The lowest BCUT2D eigenvalue weighted by molar-refractivity contribution is 0.0744. The van der Waals surface area contributed by atoms with Crippen molar-refractivity contribution in [3.8, 4) is 0 Å². The van der Waals surface area contributed by atoms with E-state index in [1.54, 1.807) is 12.1 Å². The molecule has 1 fully saturated rings. The van der Waals surface area contributed by atoms with E-state index in [0.29, 0.717) is 10.6 Å². The number of amides is 1. The standard InChI is InChI=1S/C19H19ClN2O/c1-14-4-2-7-18(21-14)12-15-8-10-22(11-9-15)19(23)16-5-3-6-17(20)13-16/h2-7,12-13H,8-11H2,1H3. The van der Waals surface area contributed by atoms with Crippen molar-refractivity contribution >= 4 is 23.6 Å². The minimum atomic E-state index is 0.0558. The van der Waals surface area contributed by atoms with Crippen molar-refractivity contribution in [1.82, 2.24) is 9.88 Å². The maximum Gasteiger partial charge on any atom is 0.253 e. The molecule has 0 aliphatic carbocycles. The Bertz CT molecular complexity index is 745. The number of pyridine rings is 1. The van der Waals surface area contributed by atoms with E-state index in [1.807, 2.05) is 42.2 Å². The molecule has 1 aliphatic heterocycles. The average molecular weight is 327 g/mol. The van der Waals surface area contributed by atoms with Gasteiger partial charge in [-0.1, -0.05) is 29.3 Å². The van der Waals surface area contributed by atoms with Crippen LogP contribution < -0.4 is 0 Å². The number of hydrogen-bond donors (Lipinski definition) is 0. The molecule has 0 bridgehead atoms. The van der Waals surface area contributed by atoms with Gasteiger partial charge in [-0.3, -0.25) is 9.78 Å². The predicted octanol–water partition coefficient (Wildman–Crippen LogP) is 4.36. The summed E-state index contributed by atoms with van der Waals surface area (Å²) >= 11 is 5.97. The summed E-state index contributed by atoms with van der Waals surface area (Å²) in [6, 6.07) is 13.2. The first-order chi connectivity index (χ1) is 11.1. The molecule has 1 saturated heterocycles. The molecule has 3 rings (SSSR count). The van der Waals surface area contributed by atoms with Crippen LogP contribution in [0.3, 0.4) is 0 Å². The van der Waals surface area contributed by atoms with E-state index in [0.717, 1.165) is 37.3 Å². The Labute approximate surface area is 141 Å². The van der Waals surface area contributed by atoms with Gasteiger partial charge in [0.15, 0.2) is 0 Å². The minimum Gasteiger partial charge on any atom is -0.338 e. The number of piperidine rings is 1. The third-order valence-corrected chi connectivity index (χ3v) is 4.26. The number of benzene rings is 1. The van der Waals surface area contributed by atoms with E-state index in [-0.39, 0.29) is 5.91 Å². The summed E-state index contributed by atoms with van der Waals surface area (Å²) < 4.78 is 0. The normalized spacial score (nSPS) is 14.7. The van der Waals surface area contributed by atoms with Crippen LogP contribution in [-0.2, 0) is 0 Å². The van der Waals surface area contributed by atoms with Crippen molar-refractivity contribution < 1.29 is 4.79 Å². The third-order valence-electron chi connectivity index (χ3n) is 4.03. The first kappa shape index (κ1) is 15.8. The lowest BCUT2D eigenvalue weighted by Gasteiger charge is -2.28. The highest BCUT2D eigenvalue weighted by Crippen LogP contribution is 2.21. The van der Waals surface area contributed by atoms with Crippen molar-refractivity contribution in [2.24, 2.45) is 0 Å². The van der Waals surface area contributed by atoms with E-state index in [1.165, 1.54) is 5.57 Å². The lowest BCUT2D eigenvalue weighted by Crippen LogP contribution is -2.36. The quantitative estimate of drug-likeness (QED) is 0.821. The van der Waals surface area contributed by atoms with Crippen molar-refractivity contribution in [2.45, 2.75) is 19.8 Å². The highest BCUT2D eigenvalue weighted by molar-refractivity contribution is 6.30. The van der Waals surface area contributed by atoms with Crippen LogP contribution in [0.15, 0.2) is 48.0 Å². The first-order valence-electron chi connectivity index (χ1n) is 7.80. The van der Waals surface area contributed by atoms with Crippen LogP contribution in [0.25, 0.3) is 6.08 Å². The van der Waals surface area contributed by atoms with Crippen molar-refractivity contribution in [2.75, 3.05) is 13.1 Å². The molecule has 0 unspecified atom stereocenters. The molecule has 0 spiro atoms. The molecule has 1 aromatic carbocycles. The summed E-state index contributed by atoms with van der Waals surface area (Å²) in [5.74, 6) is 0.0558. The molecule has 1 aromatic heterocycles. The Kier molecular flexibility index (Phi) is 4.77. The molecule has 1 amide bonds. The monoisotopic (exact) mass is 326 g/mol. The lowest BCUT2D eigenvalue weighted by atomic mass is 10.0. The van der Waals surface area contributed by atoms with Gasteiger partial charge in [0.2, 0.25) is 0 Å². The van der Waals surface area contributed by atoms with Gasteiger partial charge in [-0.05, 0) is 56.2 Å². The Morgan fingerprint density at radius 3 is 2.61 bits per heavy atom. The number of hydrogen-bond acceptors (Lipinski definition) is 2. The number of aromatic nitrogens is 1. The number of carbonyl (C=O) groups excluding carboxylic acids is 1. The number of aryl methyl sites for hydroxylation is 1. The second kappa shape index (κ2) is 6.97. The Morgan fingerprint density at radius 2 is 1.91 bits per heavy atom. The molecule has 2 heterocycles. The second-order valence-corrected chi connectivity index (χ2v) is 6.25. The average Bonchev–Trinajstić information content (AvgIpc) is 2.55. The minimum absolute atomic E-state index is 0.0558. The van der Waals surface area contributed by atoms with Gasteiger partial charge < -0.3 is 4.90 Å². The van der Waals surface area contributed by atoms with Gasteiger partial charge in [0.25, 0.3) is 5.91 Å². The first-order valence-corrected chi connectivity index (χ1v) is 8.17. The van der Waals surface area contributed by atoms with Crippen LogP contribution in [0, 0.1) is 6.92 Å².